The number of ether oxygens (including phenoxy) is 1. The second kappa shape index (κ2) is 6.78. The molecular formula is C24H20N2O3. The molecule has 2 atom stereocenters. The van der Waals surface area contributed by atoms with Gasteiger partial charge in [-0.05, 0) is 42.7 Å². The van der Waals surface area contributed by atoms with Crippen molar-refractivity contribution in [3.05, 3.63) is 94.5 Å². The number of nitrogens with zero attached hydrogens (tertiary/aromatic N) is 2. The normalized spacial score (nSPS) is 18.0. The molecule has 1 heterocycles. The summed E-state index contributed by atoms with van der Waals surface area (Å²) in [5, 5.41) is 11.2. The van der Waals surface area contributed by atoms with E-state index >= 15 is 0 Å². The molecule has 144 valence electrons. The number of aromatic nitrogens is 2. The lowest BCUT2D eigenvalue weighted by molar-refractivity contribution is 0.370. The van der Waals surface area contributed by atoms with E-state index < -0.39 is 0 Å². The van der Waals surface area contributed by atoms with Crippen LogP contribution in [0.15, 0.2) is 77.6 Å². The second-order valence-electron chi connectivity index (χ2n) is 7.31. The monoisotopic (exact) mass is 384 g/mol. The molecule has 1 aromatic heterocycles. The Bertz CT molecular complexity index is 1260. The van der Waals surface area contributed by atoms with Crippen molar-refractivity contribution in [1.29, 1.82) is 0 Å². The van der Waals surface area contributed by atoms with Crippen LogP contribution in [-0.2, 0) is 0 Å². The number of aromatic hydroxyl groups is 1. The van der Waals surface area contributed by atoms with Gasteiger partial charge < -0.3 is 9.84 Å². The Balaban J connectivity index is 1.67. The maximum atomic E-state index is 13.3. The highest BCUT2D eigenvalue weighted by Gasteiger charge is 2.44. The van der Waals surface area contributed by atoms with E-state index in [9.17, 15) is 9.90 Å². The zero-order valence-electron chi connectivity index (χ0n) is 15.9. The van der Waals surface area contributed by atoms with E-state index in [1.807, 2.05) is 66.7 Å². The van der Waals surface area contributed by atoms with Crippen molar-refractivity contribution in [3.8, 4) is 17.2 Å². The summed E-state index contributed by atoms with van der Waals surface area (Å²) in [6, 6.07) is 22.6. The first-order valence-electron chi connectivity index (χ1n) is 9.62. The Morgan fingerprint density at radius 3 is 2.52 bits per heavy atom. The molecule has 3 aromatic carbocycles. The maximum Gasteiger partial charge on any atom is 0.265 e. The Kier molecular flexibility index (Phi) is 4.09. The van der Waals surface area contributed by atoms with Gasteiger partial charge in [0.1, 0.15) is 5.82 Å². The molecule has 1 saturated carbocycles. The molecule has 1 fully saturated rings. The van der Waals surface area contributed by atoms with Gasteiger partial charge >= 0.3 is 0 Å². The van der Waals surface area contributed by atoms with Gasteiger partial charge in [0, 0.05) is 11.5 Å². The number of fused-ring (bicyclic) bond motifs is 1. The molecule has 0 amide bonds. The molecule has 0 saturated heterocycles. The van der Waals surface area contributed by atoms with E-state index in [4.69, 9.17) is 9.72 Å². The molecule has 5 nitrogen and oxygen atoms in total. The molecule has 1 aliphatic rings. The van der Waals surface area contributed by atoms with Crippen LogP contribution in [0.1, 0.15) is 29.6 Å². The van der Waals surface area contributed by atoms with Crippen LogP contribution < -0.4 is 10.3 Å². The molecule has 2 unspecified atom stereocenters. The van der Waals surface area contributed by atoms with Gasteiger partial charge in [-0.2, -0.15) is 0 Å². The minimum Gasteiger partial charge on any atom is -0.504 e. The summed E-state index contributed by atoms with van der Waals surface area (Å²) in [5.41, 5.74) is 2.25. The van der Waals surface area contributed by atoms with Gasteiger partial charge in [-0.3, -0.25) is 9.36 Å². The molecule has 5 heteroatoms. The molecule has 0 spiro atoms. The minimum atomic E-state index is -0.0719. The van der Waals surface area contributed by atoms with Gasteiger partial charge in [0.2, 0.25) is 0 Å². The van der Waals surface area contributed by atoms with Gasteiger partial charge in [-0.1, -0.05) is 42.5 Å². The number of hydrogen-bond acceptors (Lipinski definition) is 4. The number of rotatable bonds is 4. The van der Waals surface area contributed by atoms with Gasteiger partial charge in [0.05, 0.1) is 23.7 Å². The van der Waals surface area contributed by atoms with Crippen molar-refractivity contribution in [2.24, 2.45) is 0 Å². The highest BCUT2D eigenvalue weighted by atomic mass is 16.5. The maximum absolute atomic E-state index is 13.3. The summed E-state index contributed by atoms with van der Waals surface area (Å²) in [6.07, 6.45) is 0.818. The Morgan fingerprint density at radius 1 is 0.966 bits per heavy atom. The van der Waals surface area contributed by atoms with Crippen molar-refractivity contribution in [1.82, 2.24) is 9.55 Å². The summed E-state index contributed by atoms with van der Waals surface area (Å²) in [6.45, 7) is 0. The molecule has 0 aliphatic heterocycles. The third-order valence-electron chi connectivity index (χ3n) is 5.59. The second-order valence-corrected chi connectivity index (χ2v) is 7.31. The van der Waals surface area contributed by atoms with Crippen LogP contribution in [0.5, 0.6) is 11.5 Å². The zero-order valence-corrected chi connectivity index (χ0v) is 15.9. The molecular weight excluding hydrogens is 364 g/mol. The Labute approximate surface area is 167 Å². The Hall–Kier alpha value is -3.60. The molecule has 1 aliphatic carbocycles. The van der Waals surface area contributed by atoms with E-state index in [1.165, 1.54) is 0 Å². The highest BCUT2D eigenvalue weighted by molar-refractivity contribution is 5.78. The average molecular weight is 384 g/mol. The van der Waals surface area contributed by atoms with Gasteiger partial charge in [-0.15, -0.1) is 0 Å². The van der Waals surface area contributed by atoms with Crippen LogP contribution in [0.25, 0.3) is 16.6 Å². The number of hydrogen-bond donors (Lipinski definition) is 1. The number of methoxy groups -OCH3 is 1. The fraction of sp³-hybridized carbons (Fsp3) is 0.167. The first kappa shape index (κ1) is 17.5. The zero-order chi connectivity index (χ0) is 20.0. The van der Waals surface area contributed by atoms with Crippen LogP contribution in [0.2, 0.25) is 0 Å². The van der Waals surface area contributed by atoms with Crippen LogP contribution in [0.4, 0.5) is 0 Å². The van der Waals surface area contributed by atoms with Crippen LogP contribution in [-0.4, -0.2) is 21.8 Å². The van der Waals surface area contributed by atoms with E-state index in [-0.39, 0.29) is 23.1 Å². The predicted molar refractivity (Wildman–Crippen MR) is 112 cm³/mol. The third-order valence-corrected chi connectivity index (χ3v) is 5.59. The van der Waals surface area contributed by atoms with Crippen molar-refractivity contribution < 1.29 is 9.84 Å². The summed E-state index contributed by atoms with van der Waals surface area (Å²) in [7, 11) is 1.54. The number of phenols is 1. The number of benzene rings is 3. The lowest BCUT2D eigenvalue weighted by Gasteiger charge is -2.14. The van der Waals surface area contributed by atoms with E-state index in [0.717, 1.165) is 23.5 Å². The summed E-state index contributed by atoms with van der Waals surface area (Å²) < 4.78 is 6.97. The average Bonchev–Trinajstić information content (AvgIpc) is 3.55. The van der Waals surface area contributed by atoms with Crippen LogP contribution >= 0.6 is 0 Å². The molecule has 0 radical (unpaired) electrons. The molecule has 0 bridgehead atoms. The third kappa shape index (κ3) is 2.86. The first-order chi connectivity index (χ1) is 14.2. The van der Waals surface area contributed by atoms with Gasteiger partial charge in [0.25, 0.3) is 5.56 Å². The number of phenolic OH excluding ortho intramolecular Hbond substituents is 1. The van der Waals surface area contributed by atoms with Gasteiger partial charge in [0.15, 0.2) is 11.5 Å². The van der Waals surface area contributed by atoms with Crippen molar-refractivity contribution in [2.75, 3.05) is 7.11 Å². The molecule has 5 rings (SSSR count). The van der Waals surface area contributed by atoms with Crippen molar-refractivity contribution >= 4 is 10.9 Å². The van der Waals surface area contributed by atoms with E-state index in [2.05, 4.69) is 0 Å². The predicted octanol–water partition coefficient (Wildman–Crippen LogP) is 4.37. The fourth-order valence-electron chi connectivity index (χ4n) is 4.05. The van der Waals surface area contributed by atoms with Crippen LogP contribution in [0, 0.1) is 0 Å². The van der Waals surface area contributed by atoms with Crippen molar-refractivity contribution in [2.45, 2.75) is 18.3 Å². The Morgan fingerprint density at radius 2 is 1.72 bits per heavy atom. The summed E-state index contributed by atoms with van der Waals surface area (Å²) in [5.74, 6) is 1.49. The smallest absolute Gasteiger partial charge is 0.265 e. The SMILES string of the molecule is COc1cccc(C2CC2c2nc3ccccc3c(=O)n2-c2ccccc2)c1O. The molecule has 1 N–H and O–H groups in total. The standard InChI is InChI=1S/C24H20N2O3/c1-29-21-13-7-11-16(22(21)27)18-14-19(18)23-25-20-12-6-5-10-17(20)24(28)26(23)15-8-3-2-4-9-15/h2-13,18-19,27H,14H2,1H3. The summed E-state index contributed by atoms with van der Waals surface area (Å²) >= 11 is 0. The van der Waals surface area contributed by atoms with Crippen molar-refractivity contribution in [3.63, 3.8) is 0 Å². The highest BCUT2D eigenvalue weighted by Crippen LogP contribution is 2.57. The lowest BCUT2D eigenvalue weighted by Crippen LogP contribution is -2.23. The fourth-order valence-corrected chi connectivity index (χ4v) is 4.05. The van der Waals surface area contributed by atoms with E-state index in [0.29, 0.717) is 16.7 Å². The largest absolute Gasteiger partial charge is 0.504 e. The molecule has 29 heavy (non-hydrogen) atoms. The van der Waals surface area contributed by atoms with Crippen LogP contribution in [0.3, 0.4) is 0 Å². The molecule has 4 aromatic rings. The first-order valence-corrected chi connectivity index (χ1v) is 9.62. The summed E-state index contributed by atoms with van der Waals surface area (Å²) in [4.78, 5) is 18.2. The number of para-hydroxylation sites is 3. The minimum absolute atomic E-state index is 0.0468. The topological polar surface area (TPSA) is 64.3 Å². The lowest BCUT2D eigenvalue weighted by atomic mass is 10.1. The van der Waals surface area contributed by atoms with Gasteiger partial charge in [-0.25, -0.2) is 4.98 Å². The quantitative estimate of drug-likeness (QED) is 0.567. The van der Waals surface area contributed by atoms with E-state index in [1.54, 1.807) is 17.7 Å².